The third kappa shape index (κ3) is 4.49. The average molecular weight is 373 g/mol. The molecule has 2 heterocycles. The van der Waals surface area contributed by atoms with Crippen LogP contribution in [-0.4, -0.2) is 24.0 Å². The molecule has 0 radical (unpaired) electrons. The van der Waals surface area contributed by atoms with Gasteiger partial charge >= 0.3 is 0 Å². The smallest absolute Gasteiger partial charge is 0.255 e. The number of anilines is 2. The van der Waals surface area contributed by atoms with Crippen molar-refractivity contribution in [2.45, 2.75) is 19.3 Å². The van der Waals surface area contributed by atoms with Crippen LogP contribution in [0, 0.1) is 0 Å². The number of aromatic nitrogens is 1. The molecule has 1 fully saturated rings. The van der Waals surface area contributed by atoms with Gasteiger partial charge in [0.2, 0.25) is 0 Å². The normalized spacial score (nSPS) is 13.8. The fourth-order valence-corrected chi connectivity index (χ4v) is 3.29. The molecule has 142 valence electrons. The maximum absolute atomic E-state index is 12.6. The van der Waals surface area contributed by atoms with E-state index in [1.165, 1.54) is 19.3 Å². The van der Waals surface area contributed by atoms with Crippen molar-refractivity contribution >= 4 is 17.4 Å². The first-order valence-electron chi connectivity index (χ1n) is 9.63. The minimum atomic E-state index is -0.141. The quantitative estimate of drug-likeness (QED) is 0.675. The predicted molar refractivity (Wildman–Crippen MR) is 111 cm³/mol. The second kappa shape index (κ2) is 8.57. The van der Waals surface area contributed by atoms with Crippen LogP contribution in [0.2, 0.25) is 0 Å². The zero-order chi connectivity index (χ0) is 19.2. The largest absolute Gasteiger partial charge is 0.457 e. The molecule has 1 aromatic heterocycles. The summed E-state index contributed by atoms with van der Waals surface area (Å²) in [7, 11) is 0. The van der Waals surface area contributed by atoms with Crippen LogP contribution in [0.1, 0.15) is 29.6 Å². The highest BCUT2D eigenvalue weighted by Crippen LogP contribution is 2.23. The SMILES string of the molecule is O=C(Nc1ccc(Oc2ccccc2)cc1)c1ccnc(N2CCCCC2)c1. The number of carbonyl (C=O) groups is 1. The van der Waals surface area contributed by atoms with Crippen LogP contribution >= 0.6 is 0 Å². The molecular weight excluding hydrogens is 350 g/mol. The van der Waals surface area contributed by atoms with Crippen molar-refractivity contribution in [3.05, 3.63) is 78.5 Å². The Kier molecular flexibility index (Phi) is 5.52. The van der Waals surface area contributed by atoms with Crippen molar-refractivity contribution in [2.75, 3.05) is 23.3 Å². The number of nitrogens with one attached hydrogen (secondary N) is 1. The number of ether oxygens (including phenoxy) is 1. The van der Waals surface area contributed by atoms with E-state index in [0.29, 0.717) is 5.56 Å². The van der Waals surface area contributed by atoms with Crippen molar-refractivity contribution in [2.24, 2.45) is 0 Å². The molecule has 5 nitrogen and oxygen atoms in total. The van der Waals surface area contributed by atoms with Crippen LogP contribution in [0.25, 0.3) is 0 Å². The van der Waals surface area contributed by atoms with Crippen LogP contribution < -0.4 is 15.0 Å². The highest BCUT2D eigenvalue weighted by atomic mass is 16.5. The van der Waals surface area contributed by atoms with Crippen molar-refractivity contribution in [3.63, 3.8) is 0 Å². The number of hydrogen-bond acceptors (Lipinski definition) is 4. The molecule has 1 aliphatic heterocycles. The molecule has 1 aliphatic rings. The zero-order valence-corrected chi connectivity index (χ0v) is 15.7. The molecular formula is C23H23N3O2. The summed E-state index contributed by atoms with van der Waals surface area (Å²) in [5.41, 5.74) is 1.34. The van der Waals surface area contributed by atoms with Gasteiger partial charge in [-0.05, 0) is 67.8 Å². The average Bonchev–Trinajstić information content (AvgIpc) is 2.76. The monoisotopic (exact) mass is 373 g/mol. The third-order valence-corrected chi connectivity index (χ3v) is 4.78. The van der Waals surface area contributed by atoms with E-state index in [1.807, 2.05) is 60.7 Å². The van der Waals surface area contributed by atoms with Gasteiger partial charge in [-0.2, -0.15) is 0 Å². The van der Waals surface area contributed by atoms with Gasteiger partial charge in [-0.15, -0.1) is 0 Å². The molecule has 0 atom stereocenters. The number of hydrogen-bond donors (Lipinski definition) is 1. The topological polar surface area (TPSA) is 54.5 Å². The number of benzene rings is 2. The molecule has 2 aromatic carbocycles. The van der Waals surface area contributed by atoms with Crippen molar-refractivity contribution in [1.29, 1.82) is 0 Å². The Morgan fingerprint density at radius 1 is 0.893 bits per heavy atom. The first-order chi connectivity index (χ1) is 13.8. The number of carbonyl (C=O) groups excluding carboxylic acids is 1. The van der Waals surface area contributed by atoms with Crippen molar-refractivity contribution < 1.29 is 9.53 Å². The number of para-hydroxylation sites is 1. The molecule has 1 amide bonds. The lowest BCUT2D eigenvalue weighted by atomic mass is 10.1. The molecule has 0 saturated carbocycles. The summed E-state index contributed by atoms with van der Waals surface area (Å²) >= 11 is 0. The summed E-state index contributed by atoms with van der Waals surface area (Å²) in [6.07, 6.45) is 5.32. The summed E-state index contributed by atoms with van der Waals surface area (Å²) in [5.74, 6) is 2.23. The van der Waals surface area contributed by atoms with Gasteiger partial charge in [0.15, 0.2) is 0 Å². The van der Waals surface area contributed by atoms with E-state index in [0.717, 1.165) is 36.1 Å². The molecule has 4 rings (SSSR count). The molecule has 0 aliphatic carbocycles. The zero-order valence-electron chi connectivity index (χ0n) is 15.7. The maximum Gasteiger partial charge on any atom is 0.255 e. The number of pyridine rings is 1. The van der Waals surface area contributed by atoms with E-state index in [4.69, 9.17) is 4.74 Å². The summed E-state index contributed by atoms with van der Waals surface area (Å²) in [4.78, 5) is 19.3. The van der Waals surface area contributed by atoms with Gasteiger partial charge in [-0.1, -0.05) is 18.2 Å². The Balaban J connectivity index is 1.40. The molecule has 0 unspecified atom stereocenters. The highest BCUT2D eigenvalue weighted by Gasteiger charge is 2.14. The second-order valence-corrected chi connectivity index (χ2v) is 6.84. The molecule has 1 saturated heterocycles. The fourth-order valence-electron chi connectivity index (χ4n) is 3.29. The Morgan fingerprint density at radius 3 is 2.36 bits per heavy atom. The van der Waals surface area contributed by atoms with E-state index in [-0.39, 0.29) is 5.91 Å². The van der Waals surface area contributed by atoms with Gasteiger partial charge in [-0.25, -0.2) is 4.98 Å². The van der Waals surface area contributed by atoms with Crippen molar-refractivity contribution in [3.8, 4) is 11.5 Å². The van der Waals surface area contributed by atoms with Gasteiger partial charge in [0, 0.05) is 30.5 Å². The lowest BCUT2D eigenvalue weighted by Crippen LogP contribution is -2.30. The molecule has 0 spiro atoms. The third-order valence-electron chi connectivity index (χ3n) is 4.78. The number of piperidine rings is 1. The van der Waals surface area contributed by atoms with E-state index >= 15 is 0 Å². The first-order valence-corrected chi connectivity index (χ1v) is 9.63. The van der Waals surface area contributed by atoms with Crippen molar-refractivity contribution in [1.82, 2.24) is 4.98 Å². The van der Waals surface area contributed by atoms with E-state index in [2.05, 4.69) is 15.2 Å². The van der Waals surface area contributed by atoms with Gasteiger partial charge in [0.1, 0.15) is 17.3 Å². The first kappa shape index (κ1) is 18.0. The second-order valence-electron chi connectivity index (χ2n) is 6.84. The molecule has 5 heteroatoms. The Bertz CT molecular complexity index is 920. The summed E-state index contributed by atoms with van der Waals surface area (Å²) in [6, 6.07) is 20.6. The predicted octanol–water partition coefficient (Wildman–Crippen LogP) is 5.12. The minimum absolute atomic E-state index is 0.141. The highest BCUT2D eigenvalue weighted by molar-refractivity contribution is 6.04. The molecule has 0 bridgehead atoms. The van der Waals surface area contributed by atoms with Gasteiger partial charge in [0.05, 0.1) is 0 Å². The number of amides is 1. The van der Waals surface area contributed by atoms with E-state index in [9.17, 15) is 4.79 Å². The van der Waals surface area contributed by atoms with E-state index in [1.54, 1.807) is 12.3 Å². The van der Waals surface area contributed by atoms with Crippen LogP contribution in [0.3, 0.4) is 0 Å². The summed E-state index contributed by atoms with van der Waals surface area (Å²) < 4.78 is 5.78. The Hall–Kier alpha value is -3.34. The molecule has 1 N–H and O–H groups in total. The summed E-state index contributed by atoms with van der Waals surface area (Å²) in [5, 5.41) is 2.94. The van der Waals surface area contributed by atoms with E-state index < -0.39 is 0 Å². The van der Waals surface area contributed by atoms with Crippen LogP contribution in [0.5, 0.6) is 11.5 Å². The lowest BCUT2D eigenvalue weighted by Gasteiger charge is -2.27. The van der Waals surface area contributed by atoms with Crippen LogP contribution in [0.4, 0.5) is 11.5 Å². The number of rotatable bonds is 5. The molecule has 3 aromatic rings. The Morgan fingerprint density at radius 2 is 1.61 bits per heavy atom. The van der Waals surface area contributed by atoms with Crippen LogP contribution in [0.15, 0.2) is 72.9 Å². The van der Waals surface area contributed by atoms with Gasteiger partial charge < -0.3 is 15.0 Å². The summed E-state index contributed by atoms with van der Waals surface area (Å²) in [6.45, 7) is 2.00. The Labute approximate surface area is 165 Å². The fraction of sp³-hybridized carbons (Fsp3) is 0.217. The van der Waals surface area contributed by atoms with Gasteiger partial charge in [-0.3, -0.25) is 4.79 Å². The van der Waals surface area contributed by atoms with Gasteiger partial charge in [0.25, 0.3) is 5.91 Å². The lowest BCUT2D eigenvalue weighted by molar-refractivity contribution is 0.102. The molecule has 28 heavy (non-hydrogen) atoms. The van der Waals surface area contributed by atoms with Crippen LogP contribution in [-0.2, 0) is 0 Å². The maximum atomic E-state index is 12.6. The number of nitrogens with zero attached hydrogens (tertiary/aromatic N) is 2. The standard InChI is InChI=1S/C23H23N3O2/c27-23(18-13-14-24-22(17-18)26-15-5-2-6-16-26)25-19-9-11-21(12-10-19)28-20-7-3-1-4-8-20/h1,3-4,7-14,17H,2,5-6,15-16H2,(H,25,27). The minimum Gasteiger partial charge on any atom is -0.457 e.